The van der Waals surface area contributed by atoms with Crippen LogP contribution in [0.4, 0.5) is 19.2 Å². The van der Waals surface area contributed by atoms with E-state index in [9.17, 15) is 39.1 Å². The summed E-state index contributed by atoms with van der Waals surface area (Å²) in [6.45, 7) is 23.6. The van der Waals surface area contributed by atoms with Gasteiger partial charge in [0.2, 0.25) is 13.6 Å². The molecule has 0 radical (unpaired) electrons. The number of nitrogens with one attached hydrogen (secondary N) is 2. The van der Waals surface area contributed by atoms with E-state index in [2.05, 4.69) is 57.7 Å². The molecule has 36 nitrogen and oxygen atoms in total. The van der Waals surface area contributed by atoms with Crippen LogP contribution in [0.25, 0.3) is 0 Å². The van der Waals surface area contributed by atoms with Gasteiger partial charge >= 0.3 is 48.5 Å². The highest BCUT2D eigenvalue weighted by Crippen LogP contribution is 2.68. The molecule has 20 rings (SSSR count). The number of esters is 4. The van der Waals surface area contributed by atoms with Gasteiger partial charge in [0.1, 0.15) is 37.0 Å². The van der Waals surface area contributed by atoms with E-state index in [-0.39, 0.29) is 84.3 Å². The summed E-state index contributed by atoms with van der Waals surface area (Å²) in [7, 11) is 9.64. The standard InChI is InChI=1S/C46H46N4O14S.C45H47N3O15S/c1-9-57-44(53)63-31-15-24-11-12-48-46(26(24)16-30(31)55-7)19-65-42-34-33(40-39(60-20-61-40)22(4)38(34)62-23(5)51)29(18-59-43(46)52)50-28(17-47)27-14-25-13-21(3)37(56-8)41(64-45(54)58-10-2)32(25)35(36(42)50)49(27)6;1-9-56-43(52)62-29-15-23-11-12-46-45(25(23)16-28(29)54-7)18-64-40-32-31(38-37(59-19-60-38)21(4)36(32)61-22(5)49)27(17-58-42(45)51)48-34(40)33-30-24(14-26(41(48)50)47(33)6)13-20(3)35(55-8)39(30)63-44(53)57-10-2/h9-10,13,15-16,27-29,35-36,42,48H,1-2,11-12,14,18-20H2,3-8H3;9-10,13,15-16,26-27,33-34,40-41,46,50H,1-2,11-12,14,17-19H2,3-8H3/t27-,28-,29-,35+,36?,42+,46+;26-,27-,33+,34?,40+,41-,45+/m00/s1. The normalized spacial score (nSPS) is 26.0. The molecule has 14 aliphatic rings. The van der Waals surface area contributed by atoms with Crippen molar-refractivity contribution in [2.75, 3.05) is 93.9 Å². The number of fused-ring (bicyclic) bond motifs is 18. The van der Waals surface area contributed by atoms with E-state index in [1.807, 2.05) is 45.0 Å². The van der Waals surface area contributed by atoms with Crippen molar-refractivity contribution in [2.45, 2.75) is 149 Å². The summed E-state index contributed by atoms with van der Waals surface area (Å²) in [6, 6.07) is 7.05. The third-order valence-corrected chi connectivity index (χ3v) is 29.1. The van der Waals surface area contributed by atoms with E-state index in [1.165, 1.54) is 65.8 Å². The predicted octanol–water partition coefficient (Wildman–Crippen LogP) is 11.2. The number of aryl methyl sites for hydroxylation is 2. The molecule has 14 atom stereocenters. The Labute approximate surface area is 748 Å². The number of benzene rings is 6. The summed E-state index contributed by atoms with van der Waals surface area (Å²) in [4.78, 5) is 116. The van der Waals surface area contributed by atoms with Crippen LogP contribution in [0.15, 0.2) is 87.8 Å². The number of likely N-dealkylation sites (N-methyl/N-ethyl adjacent to an activating group) is 2. The summed E-state index contributed by atoms with van der Waals surface area (Å²) in [5.41, 5.74) is 7.12. The van der Waals surface area contributed by atoms with Crippen molar-refractivity contribution >= 4 is 72.0 Å². The molecule has 4 fully saturated rings. The van der Waals surface area contributed by atoms with Crippen LogP contribution in [-0.2, 0) is 84.4 Å². The average molecular weight is 1810 g/mol. The zero-order valence-corrected chi connectivity index (χ0v) is 74.1. The molecule has 129 heavy (non-hydrogen) atoms. The molecule has 6 aromatic carbocycles. The highest BCUT2D eigenvalue weighted by Gasteiger charge is 2.65. The lowest BCUT2D eigenvalue weighted by molar-refractivity contribution is -0.186. The number of thioether (sulfide) groups is 2. The van der Waals surface area contributed by atoms with Gasteiger partial charge in [-0.05, 0) is 136 Å². The maximum Gasteiger partial charge on any atom is 0.518 e. The van der Waals surface area contributed by atoms with E-state index in [4.69, 9.17) is 94.7 Å². The number of methoxy groups -OCH3 is 4. The molecule has 2 spiro atoms. The lowest BCUT2D eigenvalue weighted by Crippen LogP contribution is -2.70. The molecule has 0 aliphatic carbocycles. The number of aliphatic hydroxyl groups is 1. The number of nitriles is 1. The molecular weight excluding hydrogens is 1720 g/mol. The molecule has 0 aromatic heterocycles. The van der Waals surface area contributed by atoms with Gasteiger partial charge in [-0.3, -0.25) is 39.8 Å². The number of nitrogens with zero attached hydrogens (tertiary/aromatic N) is 5. The minimum absolute atomic E-state index is 0.0296. The van der Waals surface area contributed by atoms with E-state index in [0.29, 0.717) is 151 Å². The van der Waals surface area contributed by atoms with Gasteiger partial charge < -0.3 is 99.8 Å². The highest BCUT2D eigenvalue weighted by molar-refractivity contribution is 7.99. The number of rotatable bonds is 14. The fourth-order valence-corrected chi connectivity index (χ4v) is 24.6. The Morgan fingerprint density at radius 2 is 0.884 bits per heavy atom. The van der Waals surface area contributed by atoms with Crippen LogP contribution in [0.5, 0.6) is 80.5 Å². The lowest BCUT2D eigenvalue weighted by atomic mass is 9.71. The molecule has 38 heteroatoms. The third kappa shape index (κ3) is 14.4. The third-order valence-electron chi connectivity index (χ3n) is 26.1. The fourth-order valence-electron chi connectivity index (χ4n) is 21.2. The summed E-state index contributed by atoms with van der Waals surface area (Å²) >= 11 is 2.79. The highest BCUT2D eigenvalue weighted by atomic mass is 32.2. The van der Waals surface area contributed by atoms with Crippen LogP contribution >= 0.6 is 23.5 Å². The van der Waals surface area contributed by atoms with Crippen molar-refractivity contribution in [2.24, 2.45) is 0 Å². The Kier molecular flexibility index (Phi) is 23.9. The number of aliphatic hydroxyl groups excluding tert-OH is 1. The molecule has 0 saturated carbocycles. The molecule has 14 heterocycles. The maximum absolute atomic E-state index is 15.1. The Hall–Kier alpha value is -12.5. The van der Waals surface area contributed by atoms with Crippen LogP contribution in [0.2, 0.25) is 0 Å². The van der Waals surface area contributed by atoms with E-state index >= 15 is 9.59 Å². The number of ether oxygens (including phenoxy) is 20. The summed E-state index contributed by atoms with van der Waals surface area (Å²) in [5.74, 6) is 1.16. The van der Waals surface area contributed by atoms with E-state index in [1.54, 1.807) is 38.1 Å². The van der Waals surface area contributed by atoms with Crippen LogP contribution < -0.4 is 76.9 Å². The van der Waals surface area contributed by atoms with E-state index < -0.39 is 131 Å². The second kappa shape index (κ2) is 34.9. The molecule has 6 aromatic rings. The van der Waals surface area contributed by atoms with Gasteiger partial charge in [-0.1, -0.05) is 38.4 Å². The van der Waals surface area contributed by atoms with Crippen molar-refractivity contribution in [3.8, 4) is 86.6 Å². The first-order chi connectivity index (χ1) is 62.1. The summed E-state index contributed by atoms with van der Waals surface area (Å²) in [5, 5.41) is 29.7. The van der Waals surface area contributed by atoms with Gasteiger partial charge in [0.25, 0.3) is 0 Å². The monoisotopic (exact) mass is 1810 g/mol. The number of carbonyl (C=O) groups excluding carboxylic acids is 8. The van der Waals surface area contributed by atoms with Gasteiger partial charge in [-0.15, -0.1) is 23.5 Å². The summed E-state index contributed by atoms with van der Waals surface area (Å²) < 4.78 is 116. The molecular formula is C91H93N7O29S2. The molecule has 0 amide bonds. The molecule has 3 N–H and O–H groups in total. The van der Waals surface area contributed by atoms with Gasteiger partial charge in [0.15, 0.2) is 80.1 Å². The minimum Gasteiger partial charge on any atom is -0.493 e. The van der Waals surface area contributed by atoms with Crippen LogP contribution in [0.1, 0.15) is 138 Å². The number of carbonyl (C=O) groups is 8. The Bertz CT molecular complexity index is 5820. The van der Waals surface area contributed by atoms with Gasteiger partial charge in [0.05, 0.1) is 100 Å². The van der Waals surface area contributed by atoms with Gasteiger partial charge in [0, 0.05) is 101 Å². The maximum atomic E-state index is 15.1. The number of hydrogen-bond acceptors (Lipinski definition) is 38. The molecule has 4 saturated heterocycles. The molecule has 678 valence electrons. The molecule has 14 aliphatic heterocycles. The SMILES string of the molecule is C=COC(=O)Oc1cc2c(cc1OC)[C@@]1(CS[C@@H]3c4c(OC(C)=O)c(C)c5c(c4[C@H](COC1=O)N1C3[C@H]3c4c(cc(C)c(OC)c4OC(=O)OC=C)C[C@@H]([C@@H]1C#N)N3C)OCO5)NCC2.C=COC(=O)Oc1cc2c(cc1OC)[C@@]1(CS[C@@H]3c4c(OC(C)=O)c(C)c5c(c4[C@H](COC1=O)N1C3[C@H]3c4c(cc(C)c(OC)c4OC(=O)OC=C)C[C@@H]([C@@H]1O)N3C)OCO5)NCC2. The van der Waals surface area contributed by atoms with Crippen LogP contribution in [-0.4, -0.2) is 204 Å². The van der Waals surface area contributed by atoms with Crippen molar-refractivity contribution in [3.63, 3.8) is 0 Å². The first-order valence-electron chi connectivity index (χ1n) is 41.3. The topological polar surface area (TPSA) is 402 Å². The zero-order chi connectivity index (χ0) is 91.4. The Balaban J connectivity index is 0.000000181. The number of piperazine rings is 2. The largest absolute Gasteiger partial charge is 0.518 e. The predicted molar refractivity (Wildman–Crippen MR) is 455 cm³/mol. The van der Waals surface area contributed by atoms with Crippen molar-refractivity contribution < 1.29 is 138 Å². The quantitative estimate of drug-likeness (QED) is 0.0300. The first-order valence-corrected chi connectivity index (χ1v) is 43.4. The van der Waals surface area contributed by atoms with Crippen molar-refractivity contribution in [1.82, 2.24) is 30.2 Å². The molecule has 2 unspecified atom stereocenters. The van der Waals surface area contributed by atoms with Gasteiger partial charge in [-0.25, -0.2) is 28.8 Å². The minimum atomic E-state index is -1.51. The first kappa shape index (κ1) is 88.6. The Morgan fingerprint density at radius 3 is 1.29 bits per heavy atom. The molecule has 8 bridgehead atoms. The van der Waals surface area contributed by atoms with Crippen molar-refractivity contribution in [3.05, 3.63) is 177 Å². The Morgan fingerprint density at radius 1 is 0.488 bits per heavy atom. The zero-order valence-electron chi connectivity index (χ0n) is 72.4. The second-order valence-electron chi connectivity index (χ2n) is 32.5. The van der Waals surface area contributed by atoms with Gasteiger partial charge in [-0.2, -0.15) is 5.26 Å². The second-order valence-corrected chi connectivity index (χ2v) is 34.7. The lowest BCUT2D eigenvalue weighted by Gasteiger charge is -2.62. The average Bonchev–Trinajstić information content (AvgIpc) is 1.40. The fraction of sp³-hybridized carbons (Fsp3) is 0.418. The van der Waals surface area contributed by atoms with Crippen molar-refractivity contribution in [1.29, 1.82) is 5.26 Å². The smallest absolute Gasteiger partial charge is 0.493 e. The van der Waals surface area contributed by atoms with E-state index in [0.717, 1.165) is 36.2 Å². The summed E-state index contributed by atoms with van der Waals surface area (Å²) in [6.07, 6.45) is 0.238. The van der Waals surface area contributed by atoms with Crippen LogP contribution in [0.3, 0.4) is 0 Å². The number of hydrogen-bond donors (Lipinski definition) is 3. The van der Waals surface area contributed by atoms with Crippen LogP contribution in [0, 0.1) is 39.0 Å².